The van der Waals surface area contributed by atoms with E-state index in [9.17, 15) is 9.59 Å². The number of carboxylic acids is 2. The van der Waals surface area contributed by atoms with E-state index >= 15 is 0 Å². The first kappa shape index (κ1) is 12.5. The summed E-state index contributed by atoms with van der Waals surface area (Å²) in [4.78, 5) is 21.5. The van der Waals surface area contributed by atoms with E-state index in [-0.39, 0.29) is 31.7 Å². The minimum absolute atomic E-state index is 0. The number of carboxylic acid groups (broad SMARTS) is 2. The van der Waals surface area contributed by atoms with Crippen LogP contribution >= 0.6 is 0 Å². The van der Waals surface area contributed by atoms with Crippen molar-refractivity contribution in [3.8, 4) is 0 Å². The Hall–Kier alpha value is -0.463. The van der Waals surface area contributed by atoms with Crippen LogP contribution < -0.4 is 0 Å². The molecule has 0 unspecified atom stereocenters. The first-order valence-corrected chi connectivity index (χ1v) is 4.06. The van der Waals surface area contributed by atoms with Crippen molar-refractivity contribution in [2.24, 2.45) is 5.41 Å². The summed E-state index contributed by atoms with van der Waals surface area (Å²) < 4.78 is 0. The molecule has 4 nitrogen and oxygen atoms in total. The normalized spacial score (nSPS) is 20.0. The summed E-state index contributed by atoms with van der Waals surface area (Å²) in [5, 5.41) is 17.6. The Bertz CT molecular complexity index is 192. The molecule has 0 saturated heterocycles. The molecule has 1 fully saturated rings. The zero-order valence-corrected chi connectivity index (χ0v) is 6.75. The fourth-order valence-electron chi connectivity index (χ4n) is 1.67. The fourth-order valence-corrected chi connectivity index (χ4v) is 1.67. The molecule has 1 aliphatic carbocycles. The van der Waals surface area contributed by atoms with Crippen molar-refractivity contribution in [1.29, 1.82) is 0 Å². The molecule has 13 heavy (non-hydrogen) atoms. The van der Waals surface area contributed by atoms with Gasteiger partial charge in [-0.05, 0) is 12.8 Å². The molecule has 0 aromatic rings. The Kier molecular flexibility index (Phi) is 4.52. The molecular formula is C8H13LiO4. The number of aliphatic carboxylic acids is 2. The molecule has 1 saturated carbocycles. The van der Waals surface area contributed by atoms with Gasteiger partial charge in [-0.25, -0.2) is 0 Å². The Labute approximate surface area is 88.5 Å². The average Bonchev–Trinajstić information content (AvgIpc) is 2.05. The summed E-state index contributed by atoms with van der Waals surface area (Å²) in [5.74, 6) is -2.37. The molecular weight excluding hydrogens is 167 g/mol. The second-order valence-electron chi connectivity index (χ2n) is 3.25. The van der Waals surface area contributed by atoms with Gasteiger partial charge in [-0.15, -0.1) is 0 Å². The predicted octanol–water partition coefficient (Wildman–Crippen LogP) is 0.458. The third-order valence-electron chi connectivity index (χ3n) is 2.53. The Morgan fingerprint density at radius 2 is 1.31 bits per heavy atom. The molecule has 0 bridgehead atoms. The summed E-state index contributed by atoms with van der Waals surface area (Å²) in [6.07, 6.45) is 2.91. The van der Waals surface area contributed by atoms with E-state index in [4.69, 9.17) is 10.2 Å². The number of hydrogen-bond acceptors (Lipinski definition) is 2. The number of carbonyl (C=O) groups is 2. The van der Waals surface area contributed by atoms with Gasteiger partial charge in [-0.1, -0.05) is 19.3 Å². The molecule has 0 aromatic heterocycles. The van der Waals surface area contributed by atoms with Crippen LogP contribution in [0.4, 0.5) is 0 Å². The van der Waals surface area contributed by atoms with E-state index in [2.05, 4.69) is 0 Å². The quantitative estimate of drug-likeness (QED) is 0.478. The standard InChI is InChI=1S/C8H12O4.Li.H/c9-6(10)8(7(11)12)4-2-1-3-5-8;;/h1-5H2,(H,9,10)(H,11,12);;. The van der Waals surface area contributed by atoms with Gasteiger partial charge in [-0.3, -0.25) is 9.59 Å². The molecule has 1 aliphatic rings. The summed E-state index contributed by atoms with van der Waals surface area (Å²) >= 11 is 0. The SMILES string of the molecule is O=C(O)C1(C(=O)O)CCCCC1.[LiH]. The van der Waals surface area contributed by atoms with Crippen LogP contribution in [0.3, 0.4) is 0 Å². The molecule has 2 N–H and O–H groups in total. The molecule has 0 atom stereocenters. The van der Waals surface area contributed by atoms with Gasteiger partial charge in [0.05, 0.1) is 0 Å². The van der Waals surface area contributed by atoms with Crippen molar-refractivity contribution in [2.45, 2.75) is 32.1 Å². The van der Waals surface area contributed by atoms with E-state index in [1.54, 1.807) is 0 Å². The van der Waals surface area contributed by atoms with Gasteiger partial charge >= 0.3 is 30.8 Å². The van der Waals surface area contributed by atoms with Gasteiger partial charge in [0, 0.05) is 0 Å². The van der Waals surface area contributed by atoms with Crippen LogP contribution in [0.25, 0.3) is 0 Å². The van der Waals surface area contributed by atoms with Crippen molar-refractivity contribution in [3.63, 3.8) is 0 Å². The van der Waals surface area contributed by atoms with Crippen LogP contribution in [-0.2, 0) is 9.59 Å². The molecule has 0 aliphatic heterocycles. The molecule has 0 radical (unpaired) electrons. The predicted molar refractivity (Wildman–Crippen MR) is 47.9 cm³/mol. The van der Waals surface area contributed by atoms with Crippen molar-refractivity contribution in [2.75, 3.05) is 0 Å². The third kappa shape index (κ3) is 2.26. The molecule has 5 heteroatoms. The van der Waals surface area contributed by atoms with E-state index < -0.39 is 17.4 Å². The average molecular weight is 180 g/mol. The van der Waals surface area contributed by atoms with Gasteiger partial charge < -0.3 is 10.2 Å². The van der Waals surface area contributed by atoms with Crippen molar-refractivity contribution < 1.29 is 19.8 Å². The van der Waals surface area contributed by atoms with Crippen molar-refractivity contribution in [1.82, 2.24) is 0 Å². The van der Waals surface area contributed by atoms with Crippen LogP contribution in [0.1, 0.15) is 32.1 Å². The van der Waals surface area contributed by atoms with Crippen LogP contribution in [0.5, 0.6) is 0 Å². The van der Waals surface area contributed by atoms with E-state index in [0.717, 1.165) is 6.42 Å². The van der Waals surface area contributed by atoms with Crippen molar-refractivity contribution in [3.05, 3.63) is 0 Å². The topological polar surface area (TPSA) is 74.6 Å². The van der Waals surface area contributed by atoms with Crippen LogP contribution in [0, 0.1) is 5.41 Å². The molecule has 70 valence electrons. The van der Waals surface area contributed by atoms with Gasteiger partial charge in [0.2, 0.25) is 0 Å². The Morgan fingerprint density at radius 1 is 0.923 bits per heavy atom. The van der Waals surface area contributed by atoms with Gasteiger partial charge in [-0.2, -0.15) is 0 Å². The van der Waals surface area contributed by atoms with Crippen molar-refractivity contribution >= 4 is 30.8 Å². The zero-order valence-electron chi connectivity index (χ0n) is 6.75. The maximum absolute atomic E-state index is 10.7. The summed E-state index contributed by atoms with van der Waals surface area (Å²) in [7, 11) is 0. The Morgan fingerprint density at radius 3 is 1.54 bits per heavy atom. The Balaban J connectivity index is 0.00000144. The molecule has 0 amide bonds. The molecule has 0 aromatic carbocycles. The summed E-state index contributed by atoms with van der Waals surface area (Å²) in [6, 6.07) is 0. The van der Waals surface area contributed by atoms with E-state index in [1.807, 2.05) is 0 Å². The second kappa shape index (κ2) is 4.68. The van der Waals surface area contributed by atoms with E-state index in [0.29, 0.717) is 12.8 Å². The number of hydrogen-bond donors (Lipinski definition) is 2. The third-order valence-corrected chi connectivity index (χ3v) is 2.53. The maximum atomic E-state index is 10.7. The molecule has 0 spiro atoms. The fraction of sp³-hybridized carbons (Fsp3) is 0.750. The van der Waals surface area contributed by atoms with Gasteiger partial charge in [0.15, 0.2) is 5.41 Å². The first-order valence-electron chi connectivity index (χ1n) is 4.06. The van der Waals surface area contributed by atoms with Gasteiger partial charge in [0.25, 0.3) is 0 Å². The zero-order chi connectivity index (χ0) is 9.19. The van der Waals surface area contributed by atoms with Crippen LogP contribution in [-0.4, -0.2) is 41.0 Å². The van der Waals surface area contributed by atoms with Gasteiger partial charge in [0.1, 0.15) is 0 Å². The first-order chi connectivity index (χ1) is 5.59. The van der Waals surface area contributed by atoms with E-state index in [1.165, 1.54) is 0 Å². The monoisotopic (exact) mass is 180 g/mol. The van der Waals surface area contributed by atoms with Crippen LogP contribution in [0.2, 0.25) is 0 Å². The summed E-state index contributed by atoms with van der Waals surface area (Å²) in [6.45, 7) is 0. The molecule has 1 rings (SSSR count). The second-order valence-corrected chi connectivity index (χ2v) is 3.25. The minimum atomic E-state index is -1.49. The number of rotatable bonds is 2. The summed E-state index contributed by atoms with van der Waals surface area (Å²) in [5.41, 5.74) is -1.49. The molecule has 0 heterocycles. The van der Waals surface area contributed by atoms with Crippen LogP contribution in [0.15, 0.2) is 0 Å².